The van der Waals surface area contributed by atoms with Crippen LogP contribution in [0, 0.1) is 49.9 Å². The van der Waals surface area contributed by atoms with Gasteiger partial charge in [0.2, 0.25) is 5.91 Å². The molecule has 2 heterocycles. The van der Waals surface area contributed by atoms with E-state index in [1.807, 2.05) is 36.9 Å². The van der Waals surface area contributed by atoms with Gasteiger partial charge in [0.25, 0.3) is 0 Å². The molecule has 2 aliphatic heterocycles. The fourth-order valence-electron chi connectivity index (χ4n) is 6.13. The highest BCUT2D eigenvalue weighted by Gasteiger charge is 2.78. The van der Waals surface area contributed by atoms with Gasteiger partial charge in [-0.1, -0.05) is 18.2 Å². The molecule has 0 spiro atoms. The fourth-order valence-corrected chi connectivity index (χ4v) is 6.13. The molecule has 1 amide bonds. The third kappa shape index (κ3) is 1.38. The van der Waals surface area contributed by atoms with Crippen molar-refractivity contribution in [1.82, 2.24) is 0 Å². The summed E-state index contributed by atoms with van der Waals surface area (Å²) in [4.78, 5) is 15.3. The Morgan fingerprint density at radius 1 is 1.38 bits per heavy atom. The molecule has 7 unspecified atom stereocenters. The summed E-state index contributed by atoms with van der Waals surface area (Å²) in [5.41, 5.74) is 2.26. The zero-order valence-corrected chi connectivity index (χ0v) is 13.9. The Balaban J connectivity index is 1.73. The monoisotopic (exact) mass is 323 g/mol. The number of nitrogens with zero attached hydrogens (tertiary/aromatic N) is 1. The number of amides is 1. The molecule has 0 radical (unpaired) electrons. The number of para-hydroxylation sites is 1. The van der Waals surface area contributed by atoms with Crippen molar-refractivity contribution in [2.45, 2.75) is 44.6 Å². The maximum absolute atomic E-state index is 13.4. The van der Waals surface area contributed by atoms with Crippen LogP contribution in [0.15, 0.2) is 18.2 Å². The fraction of sp³-hybridized carbons (Fsp3) is 0.550. The number of fused-ring (bicyclic) bond motifs is 2. The Morgan fingerprint density at radius 2 is 2.08 bits per heavy atom. The normalized spacial score (nSPS) is 44.4. The standard InChI is InChI=1S/C20H21NO3/c1-4-8-20-15-13-9-12(17(22)18(13)24-20)14(15)19(23)21(20)16-10(2)6-5-7-11(16)3/h1,5-7,12-15,17-18,22H,8-9H2,2-3H3. The maximum Gasteiger partial charge on any atom is 0.233 e. The molecule has 2 saturated heterocycles. The number of ether oxygens (including phenoxy) is 1. The van der Waals surface area contributed by atoms with Crippen LogP contribution in [0.1, 0.15) is 24.0 Å². The summed E-state index contributed by atoms with van der Waals surface area (Å²) in [5.74, 6) is 3.06. The maximum atomic E-state index is 13.4. The lowest BCUT2D eigenvalue weighted by Gasteiger charge is -2.39. The predicted molar refractivity (Wildman–Crippen MR) is 89.0 cm³/mol. The van der Waals surface area contributed by atoms with Gasteiger partial charge in [0, 0.05) is 5.92 Å². The topological polar surface area (TPSA) is 49.8 Å². The van der Waals surface area contributed by atoms with Crippen molar-refractivity contribution in [1.29, 1.82) is 0 Å². The van der Waals surface area contributed by atoms with Crippen molar-refractivity contribution in [3.05, 3.63) is 29.3 Å². The number of aliphatic hydroxyl groups is 1. The van der Waals surface area contributed by atoms with E-state index in [2.05, 4.69) is 5.92 Å². The highest BCUT2D eigenvalue weighted by Crippen LogP contribution is 2.68. The number of anilines is 1. The van der Waals surface area contributed by atoms with E-state index in [1.165, 1.54) is 0 Å². The highest BCUT2D eigenvalue weighted by atomic mass is 16.6. The lowest BCUT2D eigenvalue weighted by Crippen LogP contribution is -2.51. The second-order valence-electron chi connectivity index (χ2n) is 7.83. The summed E-state index contributed by atoms with van der Waals surface area (Å²) in [6.45, 7) is 4.05. The molecule has 7 atom stereocenters. The second-order valence-corrected chi connectivity index (χ2v) is 7.83. The van der Waals surface area contributed by atoms with E-state index in [4.69, 9.17) is 11.2 Å². The number of carbonyl (C=O) groups is 1. The Hall–Kier alpha value is -1.83. The van der Waals surface area contributed by atoms with Crippen LogP contribution in [-0.4, -0.2) is 28.9 Å². The minimum Gasteiger partial charge on any atom is -0.390 e. The summed E-state index contributed by atoms with van der Waals surface area (Å²) in [6.07, 6.45) is 6.26. The van der Waals surface area contributed by atoms with E-state index in [0.717, 1.165) is 23.2 Å². The number of benzene rings is 1. The molecule has 1 N–H and O–H groups in total. The SMILES string of the molecule is C#CCC12OC3C(O)C4CC3C1C4C(=O)N2c1c(C)cccc1C. The van der Waals surface area contributed by atoms with Gasteiger partial charge in [0.1, 0.15) is 0 Å². The lowest BCUT2D eigenvalue weighted by atomic mass is 9.76. The van der Waals surface area contributed by atoms with Crippen molar-refractivity contribution in [2.75, 3.05) is 4.90 Å². The van der Waals surface area contributed by atoms with Crippen molar-refractivity contribution in [2.24, 2.45) is 23.7 Å². The van der Waals surface area contributed by atoms with Gasteiger partial charge in [0.05, 0.1) is 30.2 Å². The number of hydrogen-bond acceptors (Lipinski definition) is 3. The first kappa shape index (κ1) is 14.5. The van der Waals surface area contributed by atoms with Crippen molar-refractivity contribution in [3.63, 3.8) is 0 Å². The minimum absolute atomic E-state index is 0.0199. The smallest absolute Gasteiger partial charge is 0.233 e. The van der Waals surface area contributed by atoms with Gasteiger partial charge in [-0.25, -0.2) is 0 Å². The first-order valence-electron chi connectivity index (χ1n) is 8.71. The third-order valence-electron chi connectivity index (χ3n) is 6.81. The molecule has 124 valence electrons. The molecule has 2 aliphatic carbocycles. The molecule has 1 aromatic rings. The third-order valence-corrected chi connectivity index (χ3v) is 6.81. The second kappa shape index (κ2) is 4.41. The molecule has 1 aromatic carbocycles. The van der Waals surface area contributed by atoms with Gasteiger partial charge in [0.15, 0.2) is 5.72 Å². The molecule has 2 saturated carbocycles. The summed E-state index contributed by atoms with van der Waals surface area (Å²) < 4.78 is 6.43. The van der Waals surface area contributed by atoms with Gasteiger partial charge in [-0.3, -0.25) is 9.69 Å². The quantitative estimate of drug-likeness (QED) is 0.847. The van der Waals surface area contributed by atoms with Gasteiger partial charge < -0.3 is 9.84 Å². The van der Waals surface area contributed by atoms with Crippen LogP contribution >= 0.6 is 0 Å². The van der Waals surface area contributed by atoms with Crippen LogP contribution in [0.5, 0.6) is 0 Å². The Kier molecular flexibility index (Phi) is 2.67. The van der Waals surface area contributed by atoms with E-state index in [0.29, 0.717) is 6.42 Å². The van der Waals surface area contributed by atoms with E-state index in [9.17, 15) is 9.90 Å². The summed E-state index contributed by atoms with van der Waals surface area (Å²) in [6, 6.07) is 6.05. The van der Waals surface area contributed by atoms with Crippen LogP contribution in [-0.2, 0) is 9.53 Å². The van der Waals surface area contributed by atoms with Gasteiger partial charge >= 0.3 is 0 Å². The van der Waals surface area contributed by atoms with Crippen LogP contribution in [0.25, 0.3) is 0 Å². The molecule has 2 bridgehead atoms. The first-order valence-corrected chi connectivity index (χ1v) is 8.71. The van der Waals surface area contributed by atoms with Crippen molar-refractivity contribution in [3.8, 4) is 12.3 Å². The van der Waals surface area contributed by atoms with Gasteiger partial charge in [-0.15, -0.1) is 12.3 Å². The van der Waals surface area contributed by atoms with Crippen LogP contribution in [0.4, 0.5) is 5.69 Å². The van der Waals surface area contributed by atoms with Crippen LogP contribution in [0.3, 0.4) is 0 Å². The number of aliphatic hydroxyl groups excluding tert-OH is 1. The largest absolute Gasteiger partial charge is 0.390 e. The summed E-state index contributed by atoms with van der Waals surface area (Å²) >= 11 is 0. The zero-order valence-electron chi connectivity index (χ0n) is 13.9. The summed E-state index contributed by atoms with van der Waals surface area (Å²) in [5, 5.41) is 10.5. The molecule has 5 rings (SSSR count). The van der Waals surface area contributed by atoms with E-state index in [1.54, 1.807) is 0 Å². The van der Waals surface area contributed by atoms with Crippen LogP contribution in [0.2, 0.25) is 0 Å². The van der Waals surface area contributed by atoms with Crippen LogP contribution < -0.4 is 4.90 Å². The summed E-state index contributed by atoms with van der Waals surface area (Å²) in [7, 11) is 0. The van der Waals surface area contributed by atoms with Gasteiger partial charge in [-0.2, -0.15) is 0 Å². The molecule has 24 heavy (non-hydrogen) atoms. The number of aryl methyl sites for hydroxylation is 2. The number of hydrogen-bond donors (Lipinski definition) is 1. The predicted octanol–water partition coefficient (Wildman–Crippen LogP) is 2.01. The number of terminal acetylenes is 1. The molecular formula is C20H21NO3. The molecule has 4 nitrogen and oxygen atoms in total. The first-order chi connectivity index (χ1) is 11.5. The molecule has 4 fully saturated rings. The average Bonchev–Trinajstić information content (AvgIpc) is 3.19. The zero-order chi connectivity index (χ0) is 16.8. The van der Waals surface area contributed by atoms with E-state index < -0.39 is 11.8 Å². The minimum atomic E-state index is -0.783. The Morgan fingerprint density at radius 3 is 2.75 bits per heavy atom. The molecule has 4 aliphatic rings. The highest BCUT2D eigenvalue weighted by molar-refractivity contribution is 6.01. The molecular weight excluding hydrogens is 302 g/mol. The number of rotatable bonds is 2. The van der Waals surface area contributed by atoms with E-state index in [-0.39, 0.29) is 35.7 Å². The molecule has 4 heteroatoms. The van der Waals surface area contributed by atoms with Crippen molar-refractivity contribution < 1.29 is 14.6 Å². The Bertz CT molecular complexity index is 776. The Labute approximate surface area is 141 Å². The van der Waals surface area contributed by atoms with Crippen molar-refractivity contribution >= 4 is 11.6 Å². The van der Waals surface area contributed by atoms with Gasteiger partial charge in [-0.05, 0) is 43.2 Å². The van der Waals surface area contributed by atoms with E-state index >= 15 is 0 Å². The molecule has 0 aromatic heterocycles. The lowest BCUT2D eigenvalue weighted by molar-refractivity contribution is -0.132. The average molecular weight is 323 g/mol. The number of carbonyl (C=O) groups excluding carboxylic acids is 1.